The van der Waals surface area contributed by atoms with E-state index < -0.39 is 9.93 Å². The smallest absolute Gasteiger partial charge is 0.123 e. The van der Waals surface area contributed by atoms with Crippen molar-refractivity contribution in [3.05, 3.63) is 77.1 Å². The summed E-state index contributed by atoms with van der Waals surface area (Å²) in [7, 11) is -2.24. The number of hydrogen-bond donors (Lipinski definition) is 1. The van der Waals surface area contributed by atoms with Gasteiger partial charge in [-0.1, -0.05) is 40.3 Å². The van der Waals surface area contributed by atoms with Gasteiger partial charge in [0.15, 0.2) is 0 Å². The molecule has 0 spiro atoms. The highest BCUT2D eigenvalue weighted by Crippen LogP contribution is 2.28. The molecule has 2 rings (SSSR count). The molecule has 2 aromatic carbocycles. The van der Waals surface area contributed by atoms with Crippen LogP contribution in [0.15, 0.2) is 59.5 Å². The maximum Gasteiger partial charge on any atom is 0.123 e. The van der Waals surface area contributed by atoms with Gasteiger partial charge in [-0.25, -0.2) is 4.39 Å². The number of benzene rings is 2. The van der Waals surface area contributed by atoms with Gasteiger partial charge in [0.1, 0.15) is 5.82 Å². The molecule has 0 saturated carbocycles. The number of thiol groups is 1. The minimum Gasteiger partial charge on any atom is -0.281 e. The van der Waals surface area contributed by atoms with Gasteiger partial charge in [-0.05, 0) is 79.0 Å². The van der Waals surface area contributed by atoms with Gasteiger partial charge in [-0.15, -0.1) is 0 Å². The molecule has 0 amide bonds. The molecule has 1 nitrogen and oxygen atoms in total. The van der Waals surface area contributed by atoms with Crippen LogP contribution in [0.5, 0.6) is 0 Å². The molecule has 122 valence electrons. The summed E-state index contributed by atoms with van der Waals surface area (Å²) >= 11 is 0. The van der Waals surface area contributed by atoms with E-state index >= 15 is 0 Å². The summed E-state index contributed by atoms with van der Waals surface area (Å²) < 4.78 is 25.4. The van der Waals surface area contributed by atoms with Gasteiger partial charge in [0.05, 0.1) is 0 Å². The Morgan fingerprint density at radius 3 is 2.22 bits per heavy atom. The van der Waals surface area contributed by atoms with Crippen LogP contribution in [0.3, 0.4) is 0 Å². The van der Waals surface area contributed by atoms with Gasteiger partial charge in [0, 0.05) is 4.90 Å². The van der Waals surface area contributed by atoms with Crippen LogP contribution in [0, 0.1) is 12.7 Å². The molecule has 0 saturated heterocycles. The number of hydrogen-bond acceptors (Lipinski definition) is 1. The average molecular weight is 330 g/mol. The Kier molecular flexibility index (Phi) is 5.00. The van der Waals surface area contributed by atoms with Crippen molar-refractivity contribution in [2.75, 3.05) is 12.5 Å². The maximum atomic E-state index is 13.3. The van der Waals surface area contributed by atoms with Gasteiger partial charge < -0.3 is 0 Å². The maximum absolute atomic E-state index is 13.3. The fraction of sp³-hybridized carbons (Fsp3) is 0.200. The Labute approximate surface area is 139 Å². The highest BCUT2D eigenvalue weighted by Gasteiger charge is 2.08. The molecule has 2 aromatic rings. The lowest BCUT2D eigenvalue weighted by Crippen LogP contribution is -2.05. The number of rotatable bonds is 4. The minimum absolute atomic E-state index is 0.238. The second-order valence-electron chi connectivity index (χ2n) is 6.24. The SMILES string of the molecule is C=C(C)/C(=C/c1ccc([SH](C)(C)=O)cc1)c1ccc(F)cc1C. The van der Waals surface area contributed by atoms with E-state index in [0.717, 1.165) is 32.7 Å². The van der Waals surface area contributed by atoms with Crippen LogP contribution >= 0.6 is 0 Å². The summed E-state index contributed by atoms with van der Waals surface area (Å²) in [5.41, 5.74) is 4.75. The van der Waals surface area contributed by atoms with Crippen LogP contribution in [0.1, 0.15) is 23.6 Å². The predicted octanol–water partition coefficient (Wildman–Crippen LogP) is 4.89. The van der Waals surface area contributed by atoms with Gasteiger partial charge >= 0.3 is 0 Å². The third-order valence-corrected chi connectivity index (χ3v) is 5.31. The lowest BCUT2D eigenvalue weighted by molar-refractivity contribution is 0.626. The van der Waals surface area contributed by atoms with E-state index in [1.165, 1.54) is 12.1 Å². The molecule has 0 aromatic heterocycles. The average Bonchev–Trinajstić information content (AvgIpc) is 2.45. The number of halogens is 1. The van der Waals surface area contributed by atoms with Crippen LogP contribution < -0.4 is 0 Å². The Morgan fingerprint density at radius 2 is 1.74 bits per heavy atom. The van der Waals surface area contributed by atoms with Crippen LogP contribution in [-0.2, 0) is 9.93 Å². The van der Waals surface area contributed by atoms with Crippen molar-refractivity contribution in [2.24, 2.45) is 0 Å². The van der Waals surface area contributed by atoms with Crippen molar-refractivity contribution >= 4 is 21.6 Å². The Bertz CT molecular complexity index is 810. The molecule has 0 aliphatic carbocycles. The van der Waals surface area contributed by atoms with Crippen molar-refractivity contribution in [2.45, 2.75) is 18.7 Å². The van der Waals surface area contributed by atoms with E-state index in [2.05, 4.69) is 6.58 Å². The Morgan fingerprint density at radius 1 is 1.13 bits per heavy atom. The first-order chi connectivity index (χ1) is 10.7. The van der Waals surface area contributed by atoms with E-state index in [1.54, 1.807) is 18.6 Å². The van der Waals surface area contributed by atoms with Gasteiger partial charge in [-0.2, -0.15) is 0 Å². The molecular weight excluding hydrogens is 307 g/mol. The molecule has 0 aliphatic rings. The topological polar surface area (TPSA) is 17.1 Å². The second-order valence-corrected chi connectivity index (χ2v) is 9.46. The van der Waals surface area contributed by atoms with Gasteiger partial charge in [-0.3, -0.25) is 4.21 Å². The monoisotopic (exact) mass is 330 g/mol. The summed E-state index contributed by atoms with van der Waals surface area (Å²) in [6, 6.07) is 12.5. The summed E-state index contributed by atoms with van der Waals surface area (Å²) in [5, 5.41) is 0. The highest BCUT2D eigenvalue weighted by atomic mass is 32.2. The zero-order chi connectivity index (χ0) is 17.2. The van der Waals surface area contributed by atoms with E-state index in [1.807, 2.05) is 44.2 Å². The molecule has 0 aliphatic heterocycles. The molecule has 23 heavy (non-hydrogen) atoms. The first-order valence-electron chi connectivity index (χ1n) is 7.48. The first-order valence-corrected chi connectivity index (χ1v) is 10.1. The Balaban J connectivity index is 2.47. The third-order valence-electron chi connectivity index (χ3n) is 3.76. The first kappa shape index (κ1) is 17.4. The number of allylic oxidation sites excluding steroid dienone is 2. The third kappa shape index (κ3) is 4.26. The summed E-state index contributed by atoms with van der Waals surface area (Å²) in [6.07, 6.45) is 5.56. The normalized spacial score (nSPS) is 13.0. The van der Waals surface area contributed by atoms with Crippen LogP contribution in [0.25, 0.3) is 11.6 Å². The highest BCUT2D eigenvalue weighted by molar-refractivity contribution is 8.01. The van der Waals surface area contributed by atoms with Gasteiger partial charge in [0.2, 0.25) is 0 Å². The predicted molar refractivity (Wildman–Crippen MR) is 99.9 cm³/mol. The summed E-state index contributed by atoms with van der Waals surface area (Å²) in [5.74, 6) is -0.238. The standard InChI is InChI=1S/C20H23FOS/c1-14(2)20(19-11-8-17(21)12-15(19)3)13-16-6-9-18(10-7-16)23(4,5)22/h6-13,23H,1H2,2-5H3/b20-13-. The molecule has 3 heteroatoms. The lowest BCUT2D eigenvalue weighted by atomic mass is 9.94. The fourth-order valence-electron chi connectivity index (χ4n) is 2.46. The second kappa shape index (κ2) is 6.63. The molecular formula is C20H23FOS. The van der Waals surface area contributed by atoms with E-state index in [0.29, 0.717) is 0 Å². The molecule has 0 unspecified atom stereocenters. The van der Waals surface area contributed by atoms with Crippen molar-refractivity contribution in [3.8, 4) is 0 Å². The quantitative estimate of drug-likeness (QED) is 0.480. The zero-order valence-electron chi connectivity index (χ0n) is 14.1. The zero-order valence-corrected chi connectivity index (χ0v) is 15.0. The van der Waals surface area contributed by atoms with E-state index in [4.69, 9.17) is 0 Å². The van der Waals surface area contributed by atoms with Crippen LogP contribution in [0.2, 0.25) is 0 Å². The van der Waals surface area contributed by atoms with Crippen molar-refractivity contribution in [3.63, 3.8) is 0 Å². The van der Waals surface area contributed by atoms with Crippen molar-refractivity contribution < 1.29 is 8.60 Å². The molecule has 0 N–H and O–H groups in total. The summed E-state index contributed by atoms with van der Waals surface area (Å²) in [4.78, 5) is 0.865. The van der Waals surface area contributed by atoms with E-state index in [9.17, 15) is 8.60 Å². The van der Waals surface area contributed by atoms with Crippen LogP contribution in [0.4, 0.5) is 4.39 Å². The number of aryl methyl sites for hydroxylation is 1. The molecule has 0 atom stereocenters. The lowest BCUT2D eigenvalue weighted by Gasteiger charge is -2.13. The molecule has 0 fully saturated rings. The fourth-order valence-corrected chi connectivity index (χ4v) is 3.32. The van der Waals surface area contributed by atoms with Crippen molar-refractivity contribution in [1.82, 2.24) is 0 Å². The minimum atomic E-state index is -2.24. The van der Waals surface area contributed by atoms with Crippen molar-refractivity contribution in [1.29, 1.82) is 0 Å². The van der Waals surface area contributed by atoms with Gasteiger partial charge in [0.25, 0.3) is 0 Å². The molecule has 0 radical (unpaired) electrons. The largest absolute Gasteiger partial charge is 0.281 e. The van der Waals surface area contributed by atoms with Crippen LogP contribution in [-0.4, -0.2) is 16.7 Å². The molecule has 0 bridgehead atoms. The summed E-state index contributed by atoms with van der Waals surface area (Å²) in [6.45, 7) is 7.87. The molecule has 0 heterocycles. The van der Waals surface area contributed by atoms with E-state index in [-0.39, 0.29) is 5.82 Å². The Hall–Kier alpha value is -2.00.